The number of carbonyl (C=O) groups excluding carboxylic acids is 3. The lowest BCUT2D eigenvalue weighted by Crippen LogP contribution is -2.42. The third kappa shape index (κ3) is 7.30. The number of amides is 3. The van der Waals surface area contributed by atoms with E-state index in [-0.39, 0.29) is 12.5 Å². The van der Waals surface area contributed by atoms with Crippen molar-refractivity contribution in [3.63, 3.8) is 0 Å². The summed E-state index contributed by atoms with van der Waals surface area (Å²) in [7, 11) is 0. The number of alkyl carbamates (subject to hydrolysis) is 1. The van der Waals surface area contributed by atoms with Crippen LogP contribution >= 0.6 is 0 Å². The highest BCUT2D eigenvalue weighted by Crippen LogP contribution is 2.23. The fourth-order valence-corrected chi connectivity index (χ4v) is 3.73. The molecule has 3 rings (SSSR count). The molecular weight excluding hydrogens is 450 g/mol. The van der Waals surface area contributed by atoms with E-state index >= 15 is 0 Å². The van der Waals surface area contributed by atoms with Crippen molar-refractivity contribution in [1.29, 1.82) is 5.26 Å². The number of carbonyl (C=O) groups is 3. The minimum absolute atomic E-state index is 0.179. The van der Waals surface area contributed by atoms with E-state index in [2.05, 4.69) is 21.7 Å². The lowest BCUT2D eigenvalue weighted by atomic mass is 10.1. The van der Waals surface area contributed by atoms with Crippen LogP contribution in [-0.4, -0.2) is 65.7 Å². The maximum absolute atomic E-state index is 12.8. The van der Waals surface area contributed by atoms with E-state index in [4.69, 9.17) is 14.7 Å². The normalized spacial score (nSPS) is 15.4. The van der Waals surface area contributed by atoms with Gasteiger partial charge in [-0.1, -0.05) is 0 Å². The van der Waals surface area contributed by atoms with E-state index in [0.29, 0.717) is 54.8 Å². The second kappa shape index (κ2) is 11.5. The molecule has 2 heterocycles. The molecule has 1 aliphatic rings. The number of hydrogen-bond donors (Lipinski definition) is 2. The monoisotopic (exact) mass is 481 g/mol. The third-order valence-corrected chi connectivity index (χ3v) is 5.34. The van der Waals surface area contributed by atoms with Crippen LogP contribution in [0.3, 0.4) is 0 Å². The molecule has 0 bridgehead atoms. The number of benzene rings is 1. The molecule has 10 heteroatoms. The van der Waals surface area contributed by atoms with Crippen molar-refractivity contribution < 1.29 is 23.9 Å². The van der Waals surface area contributed by atoms with Gasteiger partial charge in [-0.05, 0) is 64.3 Å². The van der Waals surface area contributed by atoms with Gasteiger partial charge in [-0.25, -0.2) is 4.79 Å². The summed E-state index contributed by atoms with van der Waals surface area (Å²) in [6, 6.07) is 8.53. The molecular formula is C25H31N5O5. The zero-order valence-corrected chi connectivity index (χ0v) is 20.3. The average Bonchev–Trinajstić information content (AvgIpc) is 3.29. The van der Waals surface area contributed by atoms with Gasteiger partial charge in [-0.2, -0.15) is 5.26 Å². The standard InChI is InChI=1S/C25H31N5O5/c1-25(2,3)35-24(33)28-10-5-13-34-18-7-8-21-20(14-18)19(9-11-27-21)23(32)29-16-22(31)30-12-4-6-17(30)15-26/h7-9,11,14,17H,4-6,10,12-13,16H2,1-3H3,(H,28,33)(H,29,32)/t17-/m0/s1. The highest BCUT2D eigenvalue weighted by Gasteiger charge is 2.28. The summed E-state index contributed by atoms with van der Waals surface area (Å²) >= 11 is 0. The SMILES string of the molecule is CC(C)(C)OC(=O)NCCCOc1ccc2nccc(C(=O)NCC(=O)N3CCC[C@H]3C#N)c2c1. The molecule has 1 aliphatic heterocycles. The molecule has 0 unspecified atom stereocenters. The number of rotatable bonds is 8. The van der Waals surface area contributed by atoms with Gasteiger partial charge in [0.15, 0.2) is 0 Å². The van der Waals surface area contributed by atoms with Crippen molar-refractivity contribution in [1.82, 2.24) is 20.5 Å². The Kier molecular flexibility index (Phi) is 8.47. The second-order valence-corrected chi connectivity index (χ2v) is 9.23. The number of pyridine rings is 1. The first kappa shape index (κ1) is 25.7. The van der Waals surface area contributed by atoms with Crippen LogP contribution in [-0.2, 0) is 9.53 Å². The van der Waals surface area contributed by atoms with E-state index < -0.39 is 23.6 Å². The molecule has 0 saturated carbocycles. The van der Waals surface area contributed by atoms with Gasteiger partial charge in [-0.15, -0.1) is 0 Å². The van der Waals surface area contributed by atoms with Gasteiger partial charge >= 0.3 is 6.09 Å². The molecule has 10 nitrogen and oxygen atoms in total. The van der Waals surface area contributed by atoms with Crippen molar-refractivity contribution in [3.05, 3.63) is 36.0 Å². The Balaban J connectivity index is 1.55. The first-order chi connectivity index (χ1) is 16.7. The van der Waals surface area contributed by atoms with Crippen LogP contribution < -0.4 is 15.4 Å². The highest BCUT2D eigenvalue weighted by atomic mass is 16.6. The Morgan fingerprint density at radius 1 is 1.23 bits per heavy atom. The molecule has 0 aliphatic carbocycles. The summed E-state index contributed by atoms with van der Waals surface area (Å²) in [5.74, 6) is -0.122. The van der Waals surface area contributed by atoms with Crippen molar-refractivity contribution >= 4 is 28.8 Å². The number of nitrogens with zero attached hydrogens (tertiary/aromatic N) is 3. The maximum Gasteiger partial charge on any atom is 0.407 e. The third-order valence-electron chi connectivity index (χ3n) is 5.34. The van der Waals surface area contributed by atoms with Gasteiger partial charge in [0, 0.05) is 24.7 Å². The Morgan fingerprint density at radius 2 is 2.03 bits per heavy atom. The zero-order valence-electron chi connectivity index (χ0n) is 20.3. The van der Waals surface area contributed by atoms with Crippen LogP contribution in [0.4, 0.5) is 4.79 Å². The van der Waals surface area contributed by atoms with Gasteiger partial charge in [0.2, 0.25) is 5.91 Å². The van der Waals surface area contributed by atoms with E-state index in [1.165, 1.54) is 11.1 Å². The number of hydrogen-bond acceptors (Lipinski definition) is 7. The maximum atomic E-state index is 12.8. The first-order valence-electron chi connectivity index (χ1n) is 11.6. The lowest BCUT2D eigenvalue weighted by molar-refractivity contribution is -0.130. The predicted molar refractivity (Wildman–Crippen MR) is 129 cm³/mol. The van der Waals surface area contributed by atoms with Crippen molar-refractivity contribution in [2.45, 2.75) is 51.7 Å². The molecule has 186 valence electrons. The molecule has 2 aromatic rings. The fraction of sp³-hybridized carbons (Fsp3) is 0.480. The zero-order chi connectivity index (χ0) is 25.4. The van der Waals surface area contributed by atoms with Crippen molar-refractivity contribution in [3.8, 4) is 11.8 Å². The molecule has 1 fully saturated rings. The second-order valence-electron chi connectivity index (χ2n) is 9.23. The summed E-state index contributed by atoms with van der Waals surface area (Å²) in [5, 5.41) is 15.1. The Hall–Kier alpha value is -3.87. The molecule has 1 saturated heterocycles. The van der Waals surface area contributed by atoms with Gasteiger partial charge in [0.1, 0.15) is 17.4 Å². The topological polar surface area (TPSA) is 134 Å². The molecule has 0 spiro atoms. The largest absolute Gasteiger partial charge is 0.494 e. The van der Waals surface area contributed by atoms with Crippen LogP contribution in [0.5, 0.6) is 5.75 Å². The number of nitriles is 1. The Bertz CT molecular complexity index is 1120. The Morgan fingerprint density at radius 3 is 2.77 bits per heavy atom. The summed E-state index contributed by atoms with van der Waals surface area (Å²) < 4.78 is 11.0. The van der Waals surface area contributed by atoms with Crippen molar-refractivity contribution in [2.24, 2.45) is 0 Å². The smallest absolute Gasteiger partial charge is 0.407 e. The molecule has 1 aromatic heterocycles. The molecule has 3 amide bonds. The van der Waals surface area contributed by atoms with Crippen LogP contribution in [0.2, 0.25) is 0 Å². The highest BCUT2D eigenvalue weighted by molar-refractivity contribution is 6.07. The van der Waals surface area contributed by atoms with Crippen LogP contribution in [0.1, 0.15) is 50.4 Å². The average molecular weight is 482 g/mol. The number of ether oxygens (including phenoxy) is 2. The van der Waals surface area contributed by atoms with Gasteiger partial charge < -0.3 is 25.0 Å². The molecule has 0 radical (unpaired) electrons. The minimum Gasteiger partial charge on any atom is -0.494 e. The van der Waals surface area contributed by atoms with Crippen LogP contribution in [0.15, 0.2) is 30.5 Å². The van der Waals surface area contributed by atoms with E-state index in [0.717, 1.165) is 6.42 Å². The van der Waals surface area contributed by atoms with Gasteiger partial charge in [-0.3, -0.25) is 14.6 Å². The molecule has 35 heavy (non-hydrogen) atoms. The van der Waals surface area contributed by atoms with Crippen molar-refractivity contribution in [2.75, 3.05) is 26.2 Å². The van der Waals surface area contributed by atoms with E-state index in [1.807, 2.05) is 0 Å². The minimum atomic E-state index is -0.551. The predicted octanol–water partition coefficient (Wildman–Crippen LogP) is 2.77. The van der Waals surface area contributed by atoms with Crippen LogP contribution in [0, 0.1) is 11.3 Å². The summed E-state index contributed by atoms with van der Waals surface area (Å²) in [6.45, 7) is 6.50. The summed E-state index contributed by atoms with van der Waals surface area (Å²) in [5.41, 5.74) is 0.439. The van der Waals surface area contributed by atoms with Crippen LogP contribution in [0.25, 0.3) is 10.9 Å². The number of fused-ring (bicyclic) bond motifs is 1. The number of nitrogens with one attached hydrogen (secondary N) is 2. The number of likely N-dealkylation sites (tertiary alicyclic amines) is 1. The quantitative estimate of drug-likeness (QED) is 0.554. The molecule has 1 atom stereocenters. The number of aromatic nitrogens is 1. The summed E-state index contributed by atoms with van der Waals surface area (Å²) in [4.78, 5) is 42.8. The van der Waals surface area contributed by atoms with E-state index in [1.54, 1.807) is 45.0 Å². The molecule has 1 aromatic carbocycles. The first-order valence-corrected chi connectivity index (χ1v) is 11.6. The van der Waals surface area contributed by atoms with Gasteiger partial charge in [0.05, 0.1) is 30.3 Å². The summed E-state index contributed by atoms with van der Waals surface area (Å²) in [6.07, 6.45) is 3.07. The van der Waals surface area contributed by atoms with E-state index in [9.17, 15) is 14.4 Å². The Labute approximate surface area is 204 Å². The van der Waals surface area contributed by atoms with Gasteiger partial charge in [0.25, 0.3) is 5.91 Å². The molecule has 2 N–H and O–H groups in total. The fourth-order valence-electron chi connectivity index (χ4n) is 3.73. The lowest BCUT2D eigenvalue weighted by Gasteiger charge is -2.19.